The van der Waals surface area contributed by atoms with Crippen molar-refractivity contribution in [2.24, 2.45) is 10.8 Å². The monoisotopic (exact) mass is 205 g/mol. The third-order valence-corrected chi connectivity index (χ3v) is 0.714. The van der Waals surface area contributed by atoms with Crippen LogP contribution in [-0.4, -0.2) is 17.9 Å². The number of halogens is 3. The molecule has 3 nitrogen and oxygen atoms in total. The Morgan fingerprint density at radius 3 is 2.10 bits per heavy atom. The smallest absolute Gasteiger partial charge is 0.123 e. The lowest BCUT2D eigenvalue weighted by Crippen LogP contribution is -2.26. The Bertz CT molecular complexity index is 114. The first kappa shape index (κ1) is 16.6. The summed E-state index contributed by atoms with van der Waals surface area (Å²) in [6, 6.07) is 0. The highest BCUT2D eigenvalue weighted by Gasteiger charge is 1.87. The molecule has 6 heteroatoms. The topological polar surface area (TPSA) is 41.6 Å². The molecule has 0 aliphatic carbocycles. The molecule has 1 heterocycles. The van der Waals surface area contributed by atoms with E-state index in [-0.39, 0.29) is 37.2 Å². The second-order valence-electron chi connectivity index (χ2n) is 1.33. The quantitative estimate of drug-likeness (QED) is 0.601. The zero-order valence-corrected chi connectivity index (χ0v) is 7.59. The van der Waals surface area contributed by atoms with Gasteiger partial charge in [0.1, 0.15) is 6.67 Å². The van der Waals surface area contributed by atoms with Crippen LogP contribution in [0.2, 0.25) is 0 Å². The van der Waals surface area contributed by atoms with Gasteiger partial charge in [0.15, 0.2) is 0 Å². The lowest BCUT2D eigenvalue weighted by atomic mass is 10.6. The van der Waals surface area contributed by atoms with Crippen LogP contribution in [0.1, 0.15) is 0 Å². The molecule has 1 rings (SSSR count). The van der Waals surface area contributed by atoms with E-state index in [0.717, 1.165) is 0 Å². The van der Waals surface area contributed by atoms with Crippen LogP contribution in [0.15, 0.2) is 17.3 Å². The maximum Gasteiger partial charge on any atom is 0.123 e. The second-order valence-corrected chi connectivity index (χ2v) is 1.33. The van der Waals surface area contributed by atoms with Gasteiger partial charge < -0.3 is 0 Å². The number of aliphatic imine (C=N–C) groups is 1. The van der Waals surface area contributed by atoms with Gasteiger partial charge in [0.05, 0.1) is 0 Å². The molecule has 0 radical (unpaired) electrons. The van der Waals surface area contributed by atoms with Crippen molar-refractivity contribution in [3.05, 3.63) is 12.3 Å². The molecule has 0 aromatic carbocycles. The maximum absolute atomic E-state index is 5.27. The zero-order valence-electron chi connectivity index (χ0n) is 5.14. The normalized spacial score (nSPS) is 12.7. The third-order valence-electron chi connectivity index (χ3n) is 0.714. The average molecular weight is 207 g/mol. The van der Waals surface area contributed by atoms with E-state index in [1.807, 2.05) is 0 Å². The summed E-state index contributed by atoms with van der Waals surface area (Å²) in [7, 11) is 0. The van der Waals surface area contributed by atoms with Gasteiger partial charge >= 0.3 is 0 Å². The Kier molecular flexibility index (Phi) is 15.0. The van der Waals surface area contributed by atoms with Crippen molar-refractivity contribution in [2.45, 2.75) is 0 Å². The highest BCUT2D eigenvalue weighted by Crippen LogP contribution is 1.84. The number of nitrogens with two attached hydrogens (primary N) is 1. The van der Waals surface area contributed by atoms with E-state index >= 15 is 0 Å². The number of allylic oxidation sites excluding steroid dienone is 1. The van der Waals surface area contributed by atoms with E-state index in [9.17, 15) is 0 Å². The molecule has 1 aliphatic rings. The van der Waals surface area contributed by atoms with E-state index in [2.05, 4.69) is 4.99 Å². The van der Waals surface area contributed by atoms with Gasteiger partial charge in [-0.15, -0.1) is 37.2 Å². The number of hydrogen-bond acceptors (Lipinski definition) is 3. The van der Waals surface area contributed by atoms with Crippen LogP contribution in [0.4, 0.5) is 0 Å². The van der Waals surface area contributed by atoms with Crippen molar-refractivity contribution in [2.75, 3.05) is 6.67 Å². The summed E-state index contributed by atoms with van der Waals surface area (Å²) in [4.78, 5) is 3.85. The molecule has 62 valence electrons. The lowest BCUT2D eigenvalue weighted by molar-refractivity contribution is 0.405. The van der Waals surface area contributed by atoms with Gasteiger partial charge in [-0.2, -0.15) is 0 Å². The van der Waals surface area contributed by atoms with Crippen molar-refractivity contribution >= 4 is 43.4 Å². The highest BCUT2D eigenvalue weighted by atomic mass is 35.5. The van der Waals surface area contributed by atoms with Gasteiger partial charge in [0, 0.05) is 12.4 Å². The molecule has 0 aromatic rings. The summed E-state index contributed by atoms with van der Waals surface area (Å²) in [6.07, 6.45) is 5.29. The molecular formula is C4H10Cl3N3. The minimum atomic E-state index is 0. The van der Waals surface area contributed by atoms with E-state index in [1.165, 1.54) is 5.01 Å². The Balaban J connectivity index is -0.000000163. The summed E-state index contributed by atoms with van der Waals surface area (Å²) < 4.78 is 0. The molecule has 0 bridgehead atoms. The van der Waals surface area contributed by atoms with Crippen molar-refractivity contribution in [1.29, 1.82) is 0 Å². The summed E-state index contributed by atoms with van der Waals surface area (Å²) in [5.74, 6) is 5.27. The third kappa shape index (κ3) is 6.16. The minimum Gasteiger partial charge on any atom is -0.297 e. The first-order valence-electron chi connectivity index (χ1n) is 2.07. The molecule has 0 spiro atoms. The van der Waals surface area contributed by atoms with E-state index in [1.54, 1.807) is 18.5 Å². The Hall–Kier alpha value is 0.0400. The fourth-order valence-corrected chi connectivity index (χ4v) is 0.398. The molecule has 0 saturated heterocycles. The summed E-state index contributed by atoms with van der Waals surface area (Å²) in [5.41, 5.74) is 0. The Labute approximate surface area is 78.6 Å². The molecule has 2 N–H and O–H groups in total. The van der Waals surface area contributed by atoms with Gasteiger partial charge in [-0.3, -0.25) is 10.0 Å². The van der Waals surface area contributed by atoms with Crippen LogP contribution in [0, 0.1) is 0 Å². The summed E-state index contributed by atoms with van der Waals surface area (Å²) in [5, 5.41) is 1.51. The first-order valence-corrected chi connectivity index (χ1v) is 2.07. The molecular weight excluding hydrogens is 196 g/mol. The van der Waals surface area contributed by atoms with Gasteiger partial charge in [-0.1, -0.05) is 0 Å². The van der Waals surface area contributed by atoms with Gasteiger partial charge in [0.25, 0.3) is 0 Å². The van der Waals surface area contributed by atoms with Crippen LogP contribution < -0.4 is 5.84 Å². The van der Waals surface area contributed by atoms with Crippen LogP contribution in [0.3, 0.4) is 0 Å². The van der Waals surface area contributed by atoms with Gasteiger partial charge in [0.2, 0.25) is 0 Å². The lowest BCUT2D eigenvalue weighted by Gasteiger charge is -2.10. The number of nitrogens with zero attached hydrogens (tertiary/aromatic N) is 2. The molecule has 0 saturated carbocycles. The predicted octanol–water partition coefficient (Wildman–Crippen LogP) is 0.983. The van der Waals surface area contributed by atoms with Crippen LogP contribution in [0.5, 0.6) is 0 Å². The largest absolute Gasteiger partial charge is 0.297 e. The molecule has 0 aromatic heterocycles. The van der Waals surface area contributed by atoms with Crippen LogP contribution in [-0.2, 0) is 0 Å². The van der Waals surface area contributed by atoms with E-state index < -0.39 is 0 Å². The molecule has 1 aliphatic heterocycles. The van der Waals surface area contributed by atoms with Crippen LogP contribution >= 0.6 is 37.2 Å². The van der Waals surface area contributed by atoms with Gasteiger partial charge in [-0.05, 0) is 6.08 Å². The molecule has 0 atom stereocenters. The van der Waals surface area contributed by atoms with Crippen LogP contribution in [0.25, 0.3) is 0 Å². The fraction of sp³-hybridized carbons (Fsp3) is 0.250. The van der Waals surface area contributed by atoms with Gasteiger partial charge in [-0.25, -0.2) is 5.84 Å². The average Bonchev–Trinajstić information content (AvgIpc) is 1.69. The van der Waals surface area contributed by atoms with Crippen molar-refractivity contribution < 1.29 is 0 Å². The molecule has 0 fully saturated rings. The summed E-state index contributed by atoms with van der Waals surface area (Å²) in [6.45, 7) is 0.580. The van der Waals surface area contributed by atoms with E-state index in [4.69, 9.17) is 5.84 Å². The summed E-state index contributed by atoms with van der Waals surface area (Å²) >= 11 is 0. The Morgan fingerprint density at radius 1 is 1.30 bits per heavy atom. The number of hydrazine groups is 1. The maximum atomic E-state index is 5.27. The van der Waals surface area contributed by atoms with Crippen molar-refractivity contribution in [1.82, 2.24) is 5.01 Å². The predicted molar refractivity (Wildman–Crippen MR) is 50.3 cm³/mol. The number of rotatable bonds is 0. The Morgan fingerprint density at radius 2 is 1.90 bits per heavy atom. The standard InChI is InChI=1S/C4H7N3.3ClH/c5-7-3-1-2-6-4-7;;;/h1-3H,4-5H2;3*1H. The fourth-order valence-electron chi connectivity index (χ4n) is 0.398. The minimum absolute atomic E-state index is 0. The van der Waals surface area contributed by atoms with E-state index in [0.29, 0.717) is 6.67 Å². The second kappa shape index (κ2) is 9.04. The molecule has 0 unspecified atom stereocenters. The first-order chi connectivity index (χ1) is 3.39. The highest BCUT2D eigenvalue weighted by molar-refractivity contribution is 5.86. The SMILES string of the molecule is Cl.Cl.Cl.NN1C=CC=NC1. The number of hydrogen-bond donors (Lipinski definition) is 1. The zero-order chi connectivity index (χ0) is 5.11. The molecule has 0 amide bonds. The molecule has 10 heavy (non-hydrogen) atoms. The van der Waals surface area contributed by atoms with Crippen molar-refractivity contribution in [3.8, 4) is 0 Å². The van der Waals surface area contributed by atoms with Crippen molar-refractivity contribution in [3.63, 3.8) is 0 Å².